The molecule has 0 saturated carbocycles. The third-order valence-corrected chi connectivity index (χ3v) is 2.89. The molecule has 100 valence electrons. The zero-order chi connectivity index (χ0) is 14.0. The molecule has 0 fully saturated rings. The average molecular weight is 261 g/mol. The van der Waals surface area contributed by atoms with E-state index in [0.717, 1.165) is 0 Å². The highest BCUT2D eigenvalue weighted by Crippen LogP contribution is 2.23. The molecule has 1 amide bonds. The lowest BCUT2D eigenvalue weighted by atomic mass is 10.2. The van der Waals surface area contributed by atoms with Crippen molar-refractivity contribution in [3.05, 3.63) is 34.5 Å². The van der Waals surface area contributed by atoms with E-state index < -0.39 is 0 Å². The fourth-order valence-electron chi connectivity index (χ4n) is 1.92. The molecule has 1 heterocycles. The number of nitrogens with zero attached hydrogens (tertiary/aromatic N) is 1. The van der Waals surface area contributed by atoms with E-state index in [2.05, 4.69) is 0 Å². The Morgan fingerprint density at radius 3 is 2.68 bits per heavy atom. The summed E-state index contributed by atoms with van der Waals surface area (Å²) in [4.78, 5) is 24.9. The minimum atomic E-state index is -0.182. The third-order valence-electron chi connectivity index (χ3n) is 2.89. The average Bonchev–Trinajstić information content (AvgIpc) is 2.38. The molecule has 0 unspecified atom stereocenters. The molecule has 2 rings (SSSR count). The van der Waals surface area contributed by atoms with Crippen molar-refractivity contribution in [3.8, 4) is 5.75 Å². The molecule has 0 radical (unpaired) electrons. The van der Waals surface area contributed by atoms with Crippen LogP contribution in [0.3, 0.4) is 0 Å². The smallest absolute Gasteiger partial charge is 0.226 e. The van der Waals surface area contributed by atoms with Crippen LogP contribution in [0.1, 0.15) is 13.8 Å². The Morgan fingerprint density at radius 1 is 1.37 bits per heavy atom. The number of ether oxygens (including phenoxy) is 1. The molecule has 1 aromatic carbocycles. The van der Waals surface area contributed by atoms with Gasteiger partial charge >= 0.3 is 0 Å². The third kappa shape index (κ3) is 2.45. The molecular formula is C14H15NO4. The van der Waals surface area contributed by atoms with Crippen LogP contribution in [0.4, 0.5) is 5.88 Å². The van der Waals surface area contributed by atoms with Crippen molar-refractivity contribution >= 4 is 22.8 Å². The van der Waals surface area contributed by atoms with Crippen LogP contribution in [0.2, 0.25) is 0 Å². The lowest BCUT2D eigenvalue weighted by Gasteiger charge is -2.17. The summed E-state index contributed by atoms with van der Waals surface area (Å²) in [6.07, 6.45) is 0. The van der Waals surface area contributed by atoms with Crippen molar-refractivity contribution in [2.24, 2.45) is 0 Å². The fraction of sp³-hybridized carbons (Fsp3) is 0.286. The highest BCUT2D eigenvalue weighted by atomic mass is 16.5. The number of hydrogen-bond acceptors (Lipinski definition) is 4. The minimum Gasteiger partial charge on any atom is -0.497 e. The van der Waals surface area contributed by atoms with Crippen LogP contribution < -0.4 is 15.1 Å². The molecule has 0 aliphatic rings. The van der Waals surface area contributed by atoms with Crippen molar-refractivity contribution in [1.82, 2.24) is 0 Å². The first-order valence-corrected chi connectivity index (χ1v) is 5.96. The number of anilines is 1. The first kappa shape index (κ1) is 13.1. The lowest BCUT2D eigenvalue weighted by Crippen LogP contribution is -2.28. The minimum absolute atomic E-state index is 0.173. The second-order valence-corrected chi connectivity index (χ2v) is 4.07. The van der Waals surface area contributed by atoms with Gasteiger partial charge in [0.25, 0.3) is 0 Å². The molecule has 0 N–H and O–H groups in total. The molecule has 0 aliphatic heterocycles. The number of hydrogen-bond donors (Lipinski definition) is 0. The van der Waals surface area contributed by atoms with E-state index in [1.807, 2.05) is 6.92 Å². The number of benzene rings is 1. The molecule has 0 saturated heterocycles. The van der Waals surface area contributed by atoms with Gasteiger partial charge in [-0.25, -0.2) is 0 Å². The van der Waals surface area contributed by atoms with Gasteiger partial charge in [-0.1, -0.05) is 0 Å². The number of carbonyl (C=O) groups excluding carboxylic acids is 1. The number of methoxy groups -OCH3 is 1. The first-order chi connectivity index (χ1) is 9.06. The predicted molar refractivity (Wildman–Crippen MR) is 72.7 cm³/mol. The maximum Gasteiger partial charge on any atom is 0.226 e. The topological polar surface area (TPSA) is 59.8 Å². The SMILES string of the molecule is CCN(C(C)=O)c1cc(=O)c2ccc(OC)cc2o1. The molecule has 5 nitrogen and oxygen atoms in total. The van der Waals surface area contributed by atoms with E-state index >= 15 is 0 Å². The fourth-order valence-corrected chi connectivity index (χ4v) is 1.92. The van der Waals surface area contributed by atoms with E-state index in [9.17, 15) is 9.59 Å². The van der Waals surface area contributed by atoms with Gasteiger partial charge in [-0.2, -0.15) is 0 Å². The molecule has 1 aromatic heterocycles. The van der Waals surface area contributed by atoms with Crippen molar-refractivity contribution in [3.63, 3.8) is 0 Å². The maximum atomic E-state index is 12.0. The number of rotatable bonds is 3. The molecule has 0 spiro atoms. The van der Waals surface area contributed by atoms with Crippen molar-refractivity contribution in [1.29, 1.82) is 0 Å². The van der Waals surface area contributed by atoms with Gasteiger partial charge < -0.3 is 9.15 Å². The number of fused-ring (bicyclic) bond motifs is 1. The predicted octanol–water partition coefficient (Wildman–Crippen LogP) is 2.17. The number of carbonyl (C=O) groups is 1. The molecule has 0 atom stereocenters. The maximum absolute atomic E-state index is 12.0. The summed E-state index contributed by atoms with van der Waals surface area (Å²) in [7, 11) is 1.54. The normalized spacial score (nSPS) is 10.5. The molecule has 19 heavy (non-hydrogen) atoms. The van der Waals surface area contributed by atoms with Crippen LogP contribution in [0.15, 0.2) is 33.5 Å². The lowest BCUT2D eigenvalue weighted by molar-refractivity contribution is -0.116. The van der Waals surface area contributed by atoms with Gasteiger partial charge in [-0.15, -0.1) is 0 Å². The van der Waals surface area contributed by atoms with Crippen molar-refractivity contribution in [2.45, 2.75) is 13.8 Å². The van der Waals surface area contributed by atoms with E-state index in [4.69, 9.17) is 9.15 Å². The Kier molecular flexibility index (Phi) is 3.55. The zero-order valence-corrected chi connectivity index (χ0v) is 11.1. The van der Waals surface area contributed by atoms with Gasteiger partial charge in [-0.3, -0.25) is 14.5 Å². The van der Waals surface area contributed by atoms with Gasteiger partial charge in [0, 0.05) is 25.6 Å². The van der Waals surface area contributed by atoms with Crippen molar-refractivity contribution < 1.29 is 13.9 Å². The van der Waals surface area contributed by atoms with Crippen LogP contribution in [-0.4, -0.2) is 19.6 Å². The molecule has 0 aliphatic carbocycles. The summed E-state index contributed by atoms with van der Waals surface area (Å²) in [6.45, 7) is 3.68. The molecular weight excluding hydrogens is 246 g/mol. The Bertz CT molecular complexity index is 675. The highest BCUT2D eigenvalue weighted by Gasteiger charge is 2.14. The summed E-state index contributed by atoms with van der Waals surface area (Å²) >= 11 is 0. The summed E-state index contributed by atoms with van der Waals surface area (Å²) in [5.74, 6) is 0.673. The van der Waals surface area contributed by atoms with E-state index in [0.29, 0.717) is 23.3 Å². The van der Waals surface area contributed by atoms with Crippen LogP contribution >= 0.6 is 0 Å². The van der Waals surface area contributed by atoms with Crippen LogP contribution in [-0.2, 0) is 4.79 Å². The zero-order valence-electron chi connectivity index (χ0n) is 11.1. The summed E-state index contributed by atoms with van der Waals surface area (Å²) in [5.41, 5.74) is 0.222. The van der Waals surface area contributed by atoms with Gasteiger partial charge in [0.05, 0.1) is 12.5 Å². The standard InChI is InChI=1S/C14H15NO4/c1-4-15(9(2)16)14-8-12(17)11-6-5-10(18-3)7-13(11)19-14/h5-8H,4H2,1-3H3. The monoisotopic (exact) mass is 261 g/mol. The van der Waals surface area contributed by atoms with Crippen LogP contribution in [0.25, 0.3) is 11.0 Å². The second kappa shape index (κ2) is 5.14. The summed E-state index contributed by atoms with van der Waals surface area (Å²) < 4.78 is 10.7. The molecule has 0 bridgehead atoms. The largest absolute Gasteiger partial charge is 0.497 e. The van der Waals surface area contributed by atoms with Crippen LogP contribution in [0.5, 0.6) is 5.75 Å². The Balaban J connectivity index is 2.65. The Morgan fingerprint density at radius 2 is 2.11 bits per heavy atom. The van der Waals surface area contributed by atoms with Crippen molar-refractivity contribution in [2.75, 3.05) is 18.6 Å². The van der Waals surface area contributed by atoms with E-state index in [1.54, 1.807) is 18.2 Å². The van der Waals surface area contributed by atoms with Gasteiger partial charge in [0.1, 0.15) is 11.3 Å². The highest BCUT2D eigenvalue weighted by molar-refractivity contribution is 5.91. The molecule has 5 heteroatoms. The van der Waals surface area contributed by atoms with Crippen LogP contribution in [0, 0.1) is 0 Å². The van der Waals surface area contributed by atoms with E-state index in [-0.39, 0.29) is 17.2 Å². The number of amides is 1. The van der Waals surface area contributed by atoms with E-state index in [1.165, 1.54) is 25.0 Å². The Hall–Kier alpha value is -2.30. The van der Waals surface area contributed by atoms with Gasteiger partial charge in [0.2, 0.25) is 11.8 Å². The Labute approximate surface area is 110 Å². The second-order valence-electron chi connectivity index (χ2n) is 4.07. The summed E-state index contributed by atoms with van der Waals surface area (Å²) in [5, 5.41) is 0.462. The summed E-state index contributed by atoms with van der Waals surface area (Å²) in [6, 6.07) is 6.31. The molecule has 2 aromatic rings. The first-order valence-electron chi connectivity index (χ1n) is 5.96. The quantitative estimate of drug-likeness (QED) is 0.849. The van der Waals surface area contributed by atoms with Gasteiger partial charge in [0.15, 0.2) is 5.43 Å². The van der Waals surface area contributed by atoms with Gasteiger partial charge in [-0.05, 0) is 19.1 Å².